The number of rotatable bonds is 0. The van der Waals surface area contributed by atoms with Gasteiger partial charge < -0.3 is 5.73 Å². The van der Waals surface area contributed by atoms with Crippen molar-refractivity contribution in [3.05, 3.63) is 23.8 Å². The van der Waals surface area contributed by atoms with E-state index in [1.165, 1.54) is 5.57 Å². The Morgan fingerprint density at radius 2 is 2.33 bits per heavy atom. The van der Waals surface area contributed by atoms with Crippen molar-refractivity contribution in [2.24, 2.45) is 5.73 Å². The third-order valence-corrected chi connectivity index (χ3v) is 1.90. The van der Waals surface area contributed by atoms with Crippen LogP contribution in [0.15, 0.2) is 23.8 Å². The van der Waals surface area contributed by atoms with Gasteiger partial charge in [-0.3, -0.25) is 0 Å². The second-order valence-electron chi connectivity index (χ2n) is 2.34. The fraction of sp³-hybridized carbons (Fsp3) is 0.429. The van der Waals surface area contributed by atoms with Crippen LogP contribution in [0.5, 0.6) is 0 Å². The minimum absolute atomic E-state index is 0.0945. The van der Waals surface area contributed by atoms with Crippen molar-refractivity contribution < 1.29 is 0 Å². The molecule has 1 nitrogen and oxygen atoms in total. The first-order valence-electron chi connectivity index (χ1n) is 3.00. The zero-order valence-corrected chi connectivity index (χ0v) is 6.31. The normalized spacial score (nSPS) is 34.3. The molecule has 0 heterocycles. The van der Waals surface area contributed by atoms with Crippen molar-refractivity contribution in [1.29, 1.82) is 0 Å². The van der Waals surface area contributed by atoms with E-state index in [-0.39, 0.29) is 11.3 Å². The molecule has 1 aliphatic rings. The van der Waals surface area contributed by atoms with Gasteiger partial charge in [0.05, 0.1) is 0 Å². The summed E-state index contributed by atoms with van der Waals surface area (Å²) >= 11 is 4.26. The molecule has 0 aromatic heterocycles. The highest BCUT2D eigenvalue weighted by atomic mass is 32.1. The maximum atomic E-state index is 5.63. The van der Waals surface area contributed by atoms with Crippen LogP contribution in [0.1, 0.15) is 6.92 Å². The Bertz CT molecular complexity index is 160. The molecule has 2 heteroatoms. The van der Waals surface area contributed by atoms with Crippen LogP contribution < -0.4 is 5.73 Å². The second-order valence-corrected chi connectivity index (χ2v) is 2.93. The van der Waals surface area contributed by atoms with E-state index in [9.17, 15) is 0 Å². The molecule has 0 amide bonds. The quantitative estimate of drug-likeness (QED) is 0.486. The summed E-state index contributed by atoms with van der Waals surface area (Å²) in [7, 11) is 0. The van der Waals surface area contributed by atoms with Crippen molar-refractivity contribution >= 4 is 12.6 Å². The molecule has 0 fully saturated rings. The summed E-state index contributed by atoms with van der Waals surface area (Å²) in [5.41, 5.74) is 6.88. The molecule has 0 saturated carbocycles. The summed E-state index contributed by atoms with van der Waals surface area (Å²) in [5, 5.41) is 0.204. The predicted octanol–water partition coefficient (Wildman–Crippen LogP) is 1.13. The van der Waals surface area contributed by atoms with Gasteiger partial charge in [0.25, 0.3) is 0 Å². The van der Waals surface area contributed by atoms with Crippen LogP contribution in [-0.2, 0) is 0 Å². The first-order valence-corrected chi connectivity index (χ1v) is 3.52. The van der Waals surface area contributed by atoms with Gasteiger partial charge in [0.1, 0.15) is 0 Å². The van der Waals surface area contributed by atoms with Crippen LogP contribution in [0, 0.1) is 0 Å². The van der Waals surface area contributed by atoms with Gasteiger partial charge in [-0.1, -0.05) is 23.8 Å². The van der Waals surface area contributed by atoms with Crippen LogP contribution in [-0.4, -0.2) is 11.3 Å². The highest BCUT2D eigenvalue weighted by Crippen LogP contribution is 2.13. The lowest BCUT2D eigenvalue weighted by Crippen LogP contribution is -2.28. The van der Waals surface area contributed by atoms with E-state index >= 15 is 0 Å². The molecule has 1 aliphatic carbocycles. The van der Waals surface area contributed by atoms with E-state index in [2.05, 4.69) is 18.7 Å². The van der Waals surface area contributed by atoms with Crippen LogP contribution in [0.25, 0.3) is 0 Å². The first-order chi connectivity index (χ1) is 4.20. The van der Waals surface area contributed by atoms with Crippen LogP contribution in [0.3, 0.4) is 0 Å². The molecule has 0 radical (unpaired) electrons. The van der Waals surface area contributed by atoms with Crippen molar-refractivity contribution in [2.75, 3.05) is 0 Å². The van der Waals surface area contributed by atoms with Gasteiger partial charge in [-0.15, -0.1) is 0 Å². The lowest BCUT2D eigenvalue weighted by molar-refractivity contribution is 0.838. The minimum Gasteiger partial charge on any atom is -0.323 e. The largest absolute Gasteiger partial charge is 0.323 e. The van der Waals surface area contributed by atoms with Gasteiger partial charge in [0, 0.05) is 11.3 Å². The number of thiol groups is 1. The van der Waals surface area contributed by atoms with E-state index in [1.54, 1.807) is 0 Å². The molecule has 9 heavy (non-hydrogen) atoms. The average molecular weight is 141 g/mol. The van der Waals surface area contributed by atoms with Crippen LogP contribution in [0.4, 0.5) is 0 Å². The average Bonchev–Trinajstić information content (AvgIpc) is 1.80. The molecule has 2 N–H and O–H groups in total. The Labute approximate surface area is 61.0 Å². The van der Waals surface area contributed by atoms with Gasteiger partial charge in [-0.2, -0.15) is 12.6 Å². The topological polar surface area (TPSA) is 26.0 Å². The van der Waals surface area contributed by atoms with Gasteiger partial charge in [-0.25, -0.2) is 0 Å². The Morgan fingerprint density at radius 3 is 2.78 bits per heavy atom. The fourth-order valence-electron chi connectivity index (χ4n) is 0.813. The molecule has 0 saturated heterocycles. The maximum Gasteiger partial charge on any atom is 0.0390 e. The number of hydrogen-bond donors (Lipinski definition) is 2. The zero-order valence-electron chi connectivity index (χ0n) is 5.41. The van der Waals surface area contributed by atoms with Crippen molar-refractivity contribution in [2.45, 2.75) is 18.2 Å². The van der Waals surface area contributed by atoms with E-state index in [0.29, 0.717) is 0 Å². The third-order valence-electron chi connectivity index (χ3n) is 1.41. The summed E-state index contributed by atoms with van der Waals surface area (Å²) in [6.45, 7) is 2.05. The SMILES string of the molecule is CC1=CC(S)C(N)C=C1. The smallest absolute Gasteiger partial charge is 0.0390 e. The van der Waals surface area contributed by atoms with E-state index < -0.39 is 0 Å². The highest BCUT2D eigenvalue weighted by Gasteiger charge is 2.10. The molecule has 2 atom stereocenters. The van der Waals surface area contributed by atoms with Crippen molar-refractivity contribution in [1.82, 2.24) is 0 Å². The highest BCUT2D eigenvalue weighted by molar-refractivity contribution is 7.81. The molecule has 0 bridgehead atoms. The van der Waals surface area contributed by atoms with Gasteiger partial charge in [0.15, 0.2) is 0 Å². The molecule has 1 rings (SSSR count). The zero-order chi connectivity index (χ0) is 6.85. The summed E-state index contributed by atoms with van der Waals surface area (Å²) in [4.78, 5) is 0. The van der Waals surface area contributed by atoms with E-state index in [1.807, 2.05) is 19.1 Å². The Balaban J connectivity index is 2.70. The fourth-order valence-corrected chi connectivity index (χ4v) is 1.15. The maximum absolute atomic E-state index is 5.63. The van der Waals surface area contributed by atoms with Crippen molar-refractivity contribution in [3.63, 3.8) is 0 Å². The summed E-state index contributed by atoms with van der Waals surface area (Å²) in [6.07, 6.45) is 6.07. The molecular weight excluding hydrogens is 130 g/mol. The lowest BCUT2D eigenvalue weighted by atomic mass is 10.0. The Morgan fingerprint density at radius 1 is 1.67 bits per heavy atom. The van der Waals surface area contributed by atoms with Crippen molar-refractivity contribution in [3.8, 4) is 0 Å². The molecule has 0 aromatic rings. The first kappa shape index (κ1) is 6.90. The van der Waals surface area contributed by atoms with Gasteiger partial charge in [-0.05, 0) is 6.92 Å². The number of nitrogens with two attached hydrogens (primary N) is 1. The molecule has 50 valence electrons. The second kappa shape index (κ2) is 2.58. The summed E-state index contributed by atoms with van der Waals surface area (Å²) < 4.78 is 0. The molecular formula is C7H11NS. The van der Waals surface area contributed by atoms with Gasteiger partial charge in [0.2, 0.25) is 0 Å². The molecule has 0 spiro atoms. The summed E-state index contributed by atoms with van der Waals surface area (Å²) in [5.74, 6) is 0. The van der Waals surface area contributed by atoms with E-state index in [0.717, 1.165) is 0 Å². The monoisotopic (exact) mass is 141 g/mol. The summed E-state index contributed by atoms with van der Waals surface area (Å²) in [6, 6.07) is 0.0945. The van der Waals surface area contributed by atoms with Crippen LogP contribution in [0.2, 0.25) is 0 Å². The molecule has 0 aliphatic heterocycles. The standard InChI is InChI=1S/C7H11NS/c1-5-2-3-6(8)7(9)4-5/h2-4,6-7,9H,8H2,1H3. The minimum atomic E-state index is 0.0945. The Kier molecular flexibility index (Phi) is 1.98. The number of hydrogen-bond acceptors (Lipinski definition) is 2. The molecule has 0 aromatic carbocycles. The third kappa shape index (κ3) is 1.60. The Hall–Kier alpha value is -0.210. The predicted molar refractivity (Wildman–Crippen MR) is 43.6 cm³/mol. The lowest BCUT2D eigenvalue weighted by Gasteiger charge is -2.15. The molecule has 2 unspecified atom stereocenters. The van der Waals surface area contributed by atoms with E-state index in [4.69, 9.17) is 5.73 Å². The van der Waals surface area contributed by atoms with Gasteiger partial charge >= 0.3 is 0 Å². The van der Waals surface area contributed by atoms with Crippen LogP contribution >= 0.6 is 12.6 Å². The number of allylic oxidation sites excluding steroid dienone is 2.